The molecule has 1 amide bonds. The zero-order valence-electron chi connectivity index (χ0n) is 17.4. The van der Waals surface area contributed by atoms with Crippen LogP contribution in [-0.4, -0.2) is 35.7 Å². The molecule has 4 rings (SSSR count). The first-order valence-corrected chi connectivity index (χ1v) is 11.6. The van der Waals surface area contributed by atoms with E-state index in [9.17, 15) is 4.79 Å². The number of carbonyl (C=O) groups is 1. The van der Waals surface area contributed by atoms with Crippen LogP contribution in [0.4, 0.5) is 11.5 Å². The van der Waals surface area contributed by atoms with Crippen molar-refractivity contribution >= 4 is 28.7 Å². The summed E-state index contributed by atoms with van der Waals surface area (Å²) in [5, 5.41) is 10.9. The Morgan fingerprint density at radius 1 is 1.07 bits per heavy atom. The largest absolute Gasteiger partial charge is 0.355 e. The summed E-state index contributed by atoms with van der Waals surface area (Å²) in [6, 6.07) is 18.2. The zero-order chi connectivity index (χ0) is 20.8. The Morgan fingerprint density at radius 2 is 1.87 bits per heavy atom. The van der Waals surface area contributed by atoms with Crippen LogP contribution >= 0.6 is 11.3 Å². The molecule has 0 spiro atoms. The molecule has 0 aliphatic carbocycles. The SMILES string of the molecule is CCCCN(C(=O)C1CCN(c2ccc(-c3cccs3)nn2)CC1)c1ccccc1. The van der Waals surface area contributed by atoms with E-state index in [4.69, 9.17) is 0 Å². The summed E-state index contributed by atoms with van der Waals surface area (Å²) >= 11 is 1.67. The van der Waals surface area contributed by atoms with Crippen LogP contribution in [0, 0.1) is 5.92 Å². The van der Waals surface area contributed by atoms with E-state index >= 15 is 0 Å². The van der Waals surface area contributed by atoms with Crippen LogP contribution in [-0.2, 0) is 4.79 Å². The van der Waals surface area contributed by atoms with Crippen LogP contribution in [0.2, 0.25) is 0 Å². The van der Waals surface area contributed by atoms with Crippen molar-refractivity contribution in [2.45, 2.75) is 32.6 Å². The van der Waals surface area contributed by atoms with E-state index < -0.39 is 0 Å². The van der Waals surface area contributed by atoms with Gasteiger partial charge in [0, 0.05) is 31.2 Å². The van der Waals surface area contributed by atoms with Gasteiger partial charge in [0.2, 0.25) is 5.91 Å². The number of aromatic nitrogens is 2. The molecule has 0 unspecified atom stereocenters. The van der Waals surface area contributed by atoms with Gasteiger partial charge in [-0.15, -0.1) is 21.5 Å². The third-order valence-electron chi connectivity index (χ3n) is 5.66. The number of piperidine rings is 1. The van der Waals surface area contributed by atoms with Crippen LogP contribution in [0.1, 0.15) is 32.6 Å². The third kappa shape index (κ3) is 4.70. The van der Waals surface area contributed by atoms with Gasteiger partial charge >= 0.3 is 0 Å². The minimum Gasteiger partial charge on any atom is -0.355 e. The Kier molecular flexibility index (Phi) is 6.74. The molecule has 3 heterocycles. The average molecular weight is 421 g/mol. The first-order chi connectivity index (χ1) is 14.8. The monoisotopic (exact) mass is 420 g/mol. The Balaban J connectivity index is 1.38. The third-order valence-corrected chi connectivity index (χ3v) is 6.55. The topological polar surface area (TPSA) is 49.3 Å². The fourth-order valence-electron chi connectivity index (χ4n) is 3.92. The molecule has 0 radical (unpaired) electrons. The highest BCUT2D eigenvalue weighted by Gasteiger charge is 2.29. The molecule has 0 N–H and O–H groups in total. The van der Waals surface area contributed by atoms with Crippen molar-refractivity contribution in [1.29, 1.82) is 0 Å². The normalized spacial score (nSPS) is 14.6. The predicted octanol–water partition coefficient (Wildman–Crippen LogP) is 5.25. The molecule has 5 nitrogen and oxygen atoms in total. The van der Waals surface area contributed by atoms with Crippen molar-refractivity contribution in [3.63, 3.8) is 0 Å². The highest BCUT2D eigenvalue weighted by atomic mass is 32.1. The van der Waals surface area contributed by atoms with E-state index in [1.807, 2.05) is 58.8 Å². The summed E-state index contributed by atoms with van der Waals surface area (Å²) in [6.07, 6.45) is 3.80. The summed E-state index contributed by atoms with van der Waals surface area (Å²) in [4.78, 5) is 18.7. The lowest BCUT2D eigenvalue weighted by Crippen LogP contribution is -2.43. The molecule has 3 aromatic rings. The number of anilines is 2. The lowest BCUT2D eigenvalue weighted by molar-refractivity contribution is -0.123. The quantitative estimate of drug-likeness (QED) is 0.523. The molecular weight excluding hydrogens is 392 g/mol. The summed E-state index contributed by atoms with van der Waals surface area (Å²) in [5.74, 6) is 1.22. The minimum atomic E-state index is 0.0664. The molecule has 0 atom stereocenters. The lowest BCUT2D eigenvalue weighted by Gasteiger charge is -2.34. The van der Waals surface area contributed by atoms with Gasteiger partial charge in [-0.25, -0.2) is 0 Å². The van der Waals surface area contributed by atoms with E-state index in [2.05, 4.69) is 28.1 Å². The minimum absolute atomic E-state index is 0.0664. The molecule has 0 saturated carbocycles. The van der Waals surface area contributed by atoms with Crippen molar-refractivity contribution in [2.24, 2.45) is 5.92 Å². The van der Waals surface area contributed by atoms with Crippen LogP contribution < -0.4 is 9.80 Å². The maximum absolute atomic E-state index is 13.3. The molecule has 1 aliphatic rings. The molecule has 6 heteroatoms. The van der Waals surface area contributed by atoms with Gasteiger partial charge in [0.25, 0.3) is 0 Å². The van der Waals surface area contributed by atoms with Crippen molar-refractivity contribution in [1.82, 2.24) is 10.2 Å². The molecule has 1 fully saturated rings. The number of hydrogen-bond acceptors (Lipinski definition) is 5. The number of rotatable bonds is 7. The fourth-order valence-corrected chi connectivity index (χ4v) is 4.61. The maximum Gasteiger partial charge on any atom is 0.230 e. The number of nitrogens with zero attached hydrogens (tertiary/aromatic N) is 4. The number of unbranched alkanes of at least 4 members (excludes halogenated alkanes) is 1. The van der Waals surface area contributed by atoms with Crippen LogP contribution in [0.25, 0.3) is 10.6 Å². The zero-order valence-corrected chi connectivity index (χ0v) is 18.2. The van der Waals surface area contributed by atoms with Crippen molar-refractivity contribution in [3.8, 4) is 10.6 Å². The summed E-state index contributed by atoms with van der Waals surface area (Å²) in [6.45, 7) is 4.62. The second-order valence-electron chi connectivity index (χ2n) is 7.69. The van der Waals surface area contributed by atoms with E-state index in [0.29, 0.717) is 0 Å². The van der Waals surface area contributed by atoms with Gasteiger partial charge < -0.3 is 9.80 Å². The smallest absolute Gasteiger partial charge is 0.230 e. The second-order valence-corrected chi connectivity index (χ2v) is 8.64. The standard InChI is InChI=1S/C24H28N4OS/c1-2-3-15-28(20-8-5-4-6-9-20)24(29)19-13-16-27(17-14-19)23-12-11-21(25-26-23)22-10-7-18-30-22/h4-12,18-19H,2-3,13-17H2,1H3. The Morgan fingerprint density at radius 3 is 2.50 bits per heavy atom. The van der Waals surface area contributed by atoms with Gasteiger partial charge in [0.05, 0.1) is 4.88 Å². The van der Waals surface area contributed by atoms with Gasteiger partial charge in [0.1, 0.15) is 5.69 Å². The molecule has 156 valence electrons. The number of thiophene rings is 1. The number of carbonyl (C=O) groups excluding carboxylic acids is 1. The van der Waals surface area contributed by atoms with Crippen molar-refractivity contribution in [3.05, 3.63) is 60.0 Å². The molecule has 30 heavy (non-hydrogen) atoms. The van der Waals surface area contributed by atoms with Gasteiger partial charge in [-0.2, -0.15) is 0 Å². The summed E-state index contributed by atoms with van der Waals surface area (Å²) in [7, 11) is 0. The summed E-state index contributed by atoms with van der Waals surface area (Å²) in [5.41, 5.74) is 1.92. The average Bonchev–Trinajstić information content (AvgIpc) is 3.35. The van der Waals surface area contributed by atoms with Crippen LogP contribution in [0.3, 0.4) is 0 Å². The first-order valence-electron chi connectivity index (χ1n) is 10.7. The van der Waals surface area contributed by atoms with Crippen LogP contribution in [0.5, 0.6) is 0 Å². The fraction of sp³-hybridized carbons (Fsp3) is 0.375. The predicted molar refractivity (Wildman–Crippen MR) is 124 cm³/mol. The lowest BCUT2D eigenvalue weighted by atomic mass is 9.94. The number of benzene rings is 1. The van der Waals surface area contributed by atoms with Gasteiger partial charge in [0.15, 0.2) is 5.82 Å². The van der Waals surface area contributed by atoms with Crippen molar-refractivity contribution < 1.29 is 4.79 Å². The second kappa shape index (κ2) is 9.85. The number of hydrogen-bond donors (Lipinski definition) is 0. The van der Waals surface area contributed by atoms with E-state index in [0.717, 1.165) is 67.4 Å². The van der Waals surface area contributed by atoms with Gasteiger partial charge in [-0.3, -0.25) is 4.79 Å². The highest BCUT2D eigenvalue weighted by molar-refractivity contribution is 7.13. The van der Waals surface area contributed by atoms with Crippen molar-refractivity contribution in [2.75, 3.05) is 29.4 Å². The Hall–Kier alpha value is -2.73. The molecule has 2 aromatic heterocycles. The first kappa shape index (κ1) is 20.5. The van der Waals surface area contributed by atoms with E-state index in [1.54, 1.807) is 11.3 Å². The summed E-state index contributed by atoms with van der Waals surface area (Å²) < 4.78 is 0. The van der Waals surface area contributed by atoms with Crippen LogP contribution in [0.15, 0.2) is 60.0 Å². The molecule has 1 aromatic carbocycles. The number of amides is 1. The Bertz CT molecular complexity index is 920. The molecule has 0 bridgehead atoms. The molecular formula is C24H28N4OS. The molecule has 1 aliphatic heterocycles. The van der Waals surface area contributed by atoms with E-state index in [-0.39, 0.29) is 11.8 Å². The Labute approximate surface area is 182 Å². The number of para-hydroxylation sites is 1. The molecule has 1 saturated heterocycles. The van der Waals surface area contributed by atoms with E-state index in [1.165, 1.54) is 0 Å². The van der Waals surface area contributed by atoms with Gasteiger partial charge in [-0.05, 0) is 55.0 Å². The maximum atomic E-state index is 13.3. The highest BCUT2D eigenvalue weighted by Crippen LogP contribution is 2.27. The van der Waals surface area contributed by atoms with Gasteiger partial charge in [-0.1, -0.05) is 37.6 Å².